The molecular weight excluding hydrogens is 428 g/mol. The topological polar surface area (TPSA) is 92.8 Å². The van der Waals surface area contributed by atoms with Crippen molar-refractivity contribution < 1.29 is 22.7 Å². The van der Waals surface area contributed by atoms with Gasteiger partial charge in [0.05, 0.1) is 7.11 Å². The van der Waals surface area contributed by atoms with Gasteiger partial charge in [-0.2, -0.15) is 0 Å². The van der Waals surface area contributed by atoms with Crippen LogP contribution in [-0.2, 0) is 14.8 Å². The highest BCUT2D eigenvalue weighted by atomic mass is 32.2. The van der Waals surface area contributed by atoms with E-state index in [0.29, 0.717) is 0 Å². The van der Waals surface area contributed by atoms with Crippen molar-refractivity contribution in [2.45, 2.75) is 55.4 Å². The number of rotatable bonds is 6. The highest BCUT2D eigenvalue weighted by molar-refractivity contribution is 7.89. The van der Waals surface area contributed by atoms with Crippen molar-refractivity contribution in [1.29, 1.82) is 0 Å². The molecule has 1 saturated carbocycles. The molecule has 2 aromatic rings. The molecule has 0 radical (unpaired) electrons. The molecule has 1 aliphatic heterocycles. The summed E-state index contributed by atoms with van der Waals surface area (Å²) >= 11 is 0. The molecule has 1 aliphatic carbocycles. The van der Waals surface area contributed by atoms with E-state index in [4.69, 9.17) is 4.74 Å². The molecule has 8 heteroatoms. The Morgan fingerprint density at radius 1 is 1.06 bits per heavy atom. The number of nitrogens with one attached hydrogen (secondary N) is 1. The van der Waals surface area contributed by atoms with Crippen LogP contribution in [0.1, 0.15) is 60.4 Å². The number of carbonyl (C=O) groups is 2. The lowest BCUT2D eigenvalue weighted by atomic mass is 9.95. The summed E-state index contributed by atoms with van der Waals surface area (Å²) in [5.41, 5.74) is 1.16. The van der Waals surface area contributed by atoms with Crippen LogP contribution in [0, 0.1) is 0 Å². The molecule has 0 bridgehead atoms. The van der Waals surface area contributed by atoms with Crippen LogP contribution in [0.2, 0.25) is 0 Å². The molecule has 2 fully saturated rings. The first-order chi connectivity index (χ1) is 15.4. The fourth-order valence-corrected chi connectivity index (χ4v) is 6.15. The van der Waals surface area contributed by atoms with Gasteiger partial charge in [-0.3, -0.25) is 9.59 Å². The second-order valence-electron chi connectivity index (χ2n) is 8.42. The van der Waals surface area contributed by atoms with Crippen molar-refractivity contribution in [3.8, 4) is 5.75 Å². The maximum atomic E-state index is 13.5. The van der Waals surface area contributed by atoms with Crippen LogP contribution >= 0.6 is 0 Å². The van der Waals surface area contributed by atoms with Gasteiger partial charge >= 0.3 is 0 Å². The first-order valence-electron chi connectivity index (χ1n) is 11.0. The van der Waals surface area contributed by atoms with Gasteiger partial charge in [-0.05, 0) is 36.6 Å². The smallest absolute Gasteiger partial charge is 0.270 e. The average Bonchev–Trinajstić information content (AvgIpc) is 3.22. The van der Waals surface area contributed by atoms with Crippen molar-refractivity contribution in [2.24, 2.45) is 0 Å². The van der Waals surface area contributed by atoms with Crippen LogP contribution in [0.4, 0.5) is 0 Å². The van der Waals surface area contributed by atoms with E-state index in [1.807, 2.05) is 30.3 Å². The van der Waals surface area contributed by atoms with Gasteiger partial charge in [0.15, 0.2) is 0 Å². The number of ether oxygens (including phenoxy) is 1. The van der Waals surface area contributed by atoms with Crippen molar-refractivity contribution in [3.63, 3.8) is 0 Å². The molecule has 2 amide bonds. The monoisotopic (exact) mass is 456 g/mol. The van der Waals surface area contributed by atoms with Crippen LogP contribution < -0.4 is 10.1 Å². The second kappa shape index (κ2) is 9.32. The molecule has 1 heterocycles. The summed E-state index contributed by atoms with van der Waals surface area (Å²) in [4.78, 5) is 25.3. The van der Waals surface area contributed by atoms with E-state index in [1.165, 1.54) is 25.7 Å². The molecule has 1 saturated heterocycles. The summed E-state index contributed by atoms with van der Waals surface area (Å²) in [5.74, 6) is -0.874. The van der Waals surface area contributed by atoms with Gasteiger partial charge in [-0.15, -0.1) is 0 Å². The number of carbonyl (C=O) groups excluding carboxylic acids is 2. The third-order valence-electron chi connectivity index (χ3n) is 6.29. The Morgan fingerprint density at radius 3 is 2.47 bits per heavy atom. The lowest BCUT2D eigenvalue weighted by molar-refractivity contribution is -0.123. The van der Waals surface area contributed by atoms with E-state index >= 15 is 0 Å². The minimum absolute atomic E-state index is 0.0623. The van der Waals surface area contributed by atoms with E-state index in [0.717, 1.165) is 35.6 Å². The minimum atomic E-state index is -4.18. The lowest BCUT2D eigenvalue weighted by Crippen LogP contribution is -2.36. The molecule has 7 nitrogen and oxygen atoms in total. The predicted octanol–water partition coefficient (Wildman–Crippen LogP) is 3.46. The summed E-state index contributed by atoms with van der Waals surface area (Å²) in [6.45, 7) is 0.0623. The van der Waals surface area contributed by atoms with Gasteiger partial charge in [-0.25, -0.2) is 12.7 Å². The summed E-state index contributed by atoms with van der Waals surface area (Å²) in [6, 6.07) is 13.8. The van der Waals surface area contributed by atoms with E-state index in [-0.39, 0.29) is 47.0 Å². The maximum absolute atomic E-state index is 13.5. The average molecular weight is 457 g/mol. The van der Waals surface area contributed by atoms with E-state index in [1.54, 1.807) is 6.07 Å². The second-order valence-corrected chi connectivity index (χ2v) is 10.2. The standard InChI is InChI=1S/C24H28N2O5S/c1-31-21-13-12-18(24(28)25-20-10-6-3-7-11-20)14-22(21)32(29,30)26-16-19(15-23(26)27)17-8-4-2-5-9-17/h2,4-5,8-9,12-14,19-20H,3,6-7,10-11,15-16H2,1H3,(H,25,28)/t19-/m1/s1. The molecule has 32 heavy (non-hydrogen) atoms. The molecule has 2 aliphatic rings. The molecule has 0 aromatic heterocycles. The van der Waals surface area contributed by atoms with Crippen molar-refractivity contribution in [1.82, 2.24) is 9.62 Å². The lowest BCUT2D eigenvalue weighted by Gasteiger charge is -2.23. The Morgan fingerprint density at radius 2 is 1.78 bits per heavy atom. The van der Waals surface area contributed by atoms with Gasteiger partial charge in [0.25, 0.3) is 15.9 Å². The molecule has 0 spiro atoms. The Bertz CT molecular complexity index is 1090. The Kier molecular flexibility index (Phi) is 6.50. The van der Waals surface area contributed by atoms with Gasteiger partial charge in [0.2, 0.25) is 5.91 Å². The first-order valence-corrected chi connectivity index (χ1v) is 12.4. The number of hydrogen-bond acceptors (Lipinski definition) is 5. The molecule has 2 aromatic carbocycles. The quantitative estimate of drug-likeness (QED) is 0.719. The molecule has 4 rings (SSSR count). The van der Waals surface area contributed by atoms with Gasteiger partial charge in [0.1, 0.15) is 10.6 Å². The molecule has 0 unspecified atom stereocenters. The molecular formula is C24H28N2O5S. The summed E-state index contributed by atoms with van der Waals surface area (Å²) < 4.78 is 33.1. The Hall–Kier alpha value is -2.87. The SMILES string of the molecule is COc1ccc(C(=O)NC2CCCCC2)cc1S(=O)(=O)N1C[C@H](c2ccccc2)CC1=O. The van der Waals surface area contributed by atoms with Crippen LogP contribution in [0.5, 0.6) is 5.75 Å². The van der Waals surface area contributed by atoms with Crippen LogP contribution in [0.25, 0.3) is 0 Å². The third kappa shape index (κ3) is 4.50. The number of nitrogens with zero attached hydrogens (tertiary/aromatic N) is 1. The number of methoxy groups -OCH3 is 1. The van der Waals surface area contributed by atoms with E-state index in [9.17, 15) is 18.0 Å². The van der Waals surface area contributed by atoms with Gasteiger partial charge < -0.3 is 10.1 Å². The zero-order valence-corrected chi connectivity index (χ0v) is 18.9. The number of hydrogen-bond donors (Lipinski definition) is 1. The normalized spacial score (nSPS) is 19.7. The summed E-state index contributed by atoms with van der Waals surface area (Å²) in [7, 11) is -2.81. The van der Waals surface area contributed by atoms with Crippen LogP contribution in [0.15, 0.2) is 53.4 Å². The highest BCUT2D eigenvalue weighted by Crippen LogP contribution is 2.35. The van der Waals surface area contributed by atoms with Crippen LogP contribution in [-0.4, -0.2) is 44.2 Å². The minimum Gasteiger partial charge on any atom is -0.495 e. The molecule has 1 N–H and O–H groups in total. The fourth-order valence-electron chi connectivity index (χ4n) is 4.51. The zero-order valence-electron chi connectivity index (χ0n) is 18.1. The number of benzene rings is 2. The summed E-state index contributed by atoms with van der Waals surface area (Å²) in [5, 5.41) is 3.00. The van der Waals surface area contributed by atoms with E-state index < -0.39 is 15.9 Å². The Labute approximate surface area is 188 Å². The third-order valence-corrected chi connectivity index (χ3v) is 8.10. The Balaban J connectivity index is 1.60. The maximum Gasteiger partial charge on any atom is 0.270 e. The van der Waals surface area contributed by atoms with Crippen LogP contribution in [0.3, 0.4) is 0 Å². The predicted molar refractivity (Wildman–Crippen MR) is 120 cm³/mol. The van der Waals surface area contributed by atoms with E-state index in [2.05, 4.69) is 5.32 Å². The van der Waals surface area contributed by atoms with Crippen molar-refractivity contribution in [3.05, 3.63) is 59.7 Å². The molecule has 1 atom stereocenters. The number of sulfonamides is 1. The molecule has 170 valence electrons. The van der Waals surface area contributed by atoms with Gasteiger partial charge in [0, 0.05) is 30.5 Å². The first kappa shape index (κ1) is 22.3. The number of amides is 2. The van der Waals surface area contributed by atoms with Crippen molar-refractivity contribution in [2.75, 3.05) is 13.7 Å². The fraction of sp³-hybridized carbons (Fsp3) is 0.417. The van der Waals surface area contributed by atoms with Gasteiger partial charge in [-0.1, -0.05) is 49.6 Å². The highest BCUT2D eigenvalue weighted by Gasteiger charge is 2.40. The largest absolute Gasteiger partial charge is 0.495 e. The summed E-state index contributed by atoms with van der Waals surface area (Å²) in [6.07, 6.45) is 5.30. The van der Waals surface area contributed by atoms with Crippen molar-refractivity contribution >= 4 is 21.8 Å². The zero-order chi connectivity index (χ0) is 22.7.